The summed E-state index contributed by atoms with van der Waals surface area (Å²) in [4.78, 5) is 22.5. The molecule has 0 N–H and O–H groups in total. The second-order valence-electron chi connectivity index (χ2n) is 3.66. The zero-order valence-electron chi connectivity index (χ0n) is 8.26. The predicted molar refractivity (Wildman–Crippen MR) is 48.2 cm³/mol. The summed E-state index contributed by atoms with van der Waals surface area (Å²) in [5, 5.41) is 0. The number of esters is 1. The maximum atomic E-state index is 11.5. The van der Waals surface area contributed by atoms with Gasteiger partial charge in [0.25, 0.3) is 0 Å². The van der Waals surface area contributed by atoms with Crippen molar-refractivity contribution in [1.82, 2.24) is 0 Å². The summed E-state index contributed by atoms with van der Waals surface area (Å²) in [5.41, 5.74) is -0.372. The van der Waals surface area contributed by atoms with Crippen LogP contribution in [0, 0.1) is 5.41 Å². The third-order valence-corrected chi connectivity index (χ3v) is 3.06. The van der Waals surface area contributed by atoms with Crippen LogP contribution < -0.4 is 0 Å². The lowest BCUT2D eigenvalue weighted by atomic mass is 9.72. The van der Waals surface area contributed by atoms with E-state index in [1.54, 1.807) is 0 Å². The van der Waals surface area contributed by atoms with E-state index in [9.17, 15) is 9.59 Å². The number of ketones is 1. The van der Waals surface area contributed by atoms with Gasteiger partial charge < -0.3 is 4.74 Å². The van der Waals surface area contributed by atoms with E-state index in [4.69, 9.17) is 4.74 Å². The van der Waals surface area contributed by atoms with E-state index in [0.717, 1.165) is 6.42 Å². The molecule has 0 aromatic carbocycles. The molecular weight excluding hydrogens is 168 g/mol. The monoisotopic (exact) mass is 184 g/mol. The van der Waals surface area contributed by atoms with Gasteiger partial charge in [-0.05, 0) is 19.3 Å². The molecule has 0 amide bonds. The number of hydrogen-bond acceptors (Lipinski definition) is 3. The van der Waals surface area contributed by atoms with Crippen molar-refractivity contribution in [2.24, 2.45) is 5.41 Å². The van der Waals surface area contributed by atoms with E-state index in [0.29, 0.717) is 25.7 Å². The van der Waals surface area contributed by atoms with Crippen molar-refractivity contribution in [1.29, 1.82) is 0 Å². The summed E-state index contributed by atoms with van der Waals surface area (Å²) in [7, 11) is 1.41. The van der Waals surface area contributed by atoms with Crippen molar-refractivity contribution < 1.29 is 14.3 Å². The first-order chi connectivity index (χ1) is 6.14. The van der Waals surface area contributed by atoms with Crippen LogP contribution >= 0.6 is 0 Å². The second-order valence-corrected chi connectivity index (χ2v) is 3.66. The molecular formula is C10H16O3. The molecule has 0 aromatic heterocycles. The number of Topliss-reactive ketones (excluding diaryl/α,β-unsaturated/α-hetero) is 1. The molecule has 3 heteroatoms. The van der Waals surface area contributed by atoms with Crippen LogP contribution in [0.15, 0.2) is 0 Å². The smallest absolute Gasteiger partial charge is 0.311 e. The van der Waals surface area contributed by atoms with E-state index in [2.05, 4.69) is 0 Å². The minimum Gasteiger partial charge on any atom is -0.469 e. The van der Waals surface area contributed by atoms with Gasteiger partial charge in [-0.25, -0.2) is 0 Å². The van der Waals surface area contributed by atoms with E-state index >= 15 is 0 Å². The minimum absolute atomic E-state index is 0.150. The highest BCUT2D eigenvalue weighted by Crippen LogP contribution is 2.38. The first kappa shape index (κ1) is 10.2. The van der Waals surface area contributed by atoms with Crippen molar-refractivity contribution in [3.8, 4) is 0 Å². The molecule has 1 aliphatic rings. The number of hydrogen-bond donors (Lipinski definition) is 0. The van der Waals surface area contributed by atoms with Crippen LogP contribution in [-0.4, -0.2) is 18.9 Å². The molecule has 13 heavy (non-hydrogen) atoms. The average Bonchev–Trinajstić information content (AvgIpc) is 2.18. The third kappa shape index (κ3) is 1.90. The fourth-order valence-electron chi connectivity index (χ4n) is 1.93. The molecule has 0 unspecified atom stereocenters. The lowest BCUT2D eigenvalue weighted by molar-refractivity contribution is -0.155. The quantitative estimate of drug-likeness (QED) is 0.613. The van der Waals surface area contributed by atoms with Gasteiger partial charge in [-0.1, -0.05) is 6.92 Å². The summed E-state index contributed by atoms with van der Waals surface area (Å²) in [6.07, 6.45) is 3.16. The molecule has 1 aliphatic carbocycles. The van der Waals surface area contributed by atoms with E-state index < -0.39 is 0 Å². The lowest BCUT2D eigenvalue weighted by Gasteiger charge is -2.32. The van der Waals surface area contributed by atoms with Crippen LogP contribution in [-0.2, 0) is 14.3 Å². The zero-order valence-corrected chi connectivity index (χ0v) is 8.26. The summed E-state index contributed by atoms with van der Waals surface area (Å²) >= 11 is 0. The molecule has 3 nitrogen and oxygen atoms in total. The number of ether oxygens (including phenoxy) is 1. The fraction of sp³-hybridized carbons (Fsp3) is 0.800. The Bertz CT molecular complexity index is 210. The van der Waals surface area contributed by atoms with Crippen molar-refractivity contribution in [3.05, 3.63) is 0 Å². The van der Waals surface area contributed by atoms with Gasteiger partial charge in [0.2, 0.25) is 0 Å². The topological polar surface area (TPSA) is 43.4 Å². The maximum absolute atomic E-state index is 11.5. The van der Waals surface area contributed by atoms with Gasteiger partial charge in [0.05, 0.1) is 12.5 Å². The first-order valence-corrected chi connectivity index (χ1v) is 4.75. The Balaban J connectivity index is 2.71. The van der Waals surface area contributed by atoms with Gasteiger partial charge in [0.1, 0.15) is 5.78 Å². The fourth-order valence-corrected chi connectivity index (χ4v) is 1.93. The van der Waals surface area contributed by atoms with Crippen LogP contribution in [0.1, 0.15) is 39.0 Å². The number of methoxy groups -OCH3 is 1. The Kier molecular flexibility index (Phi) is 3.07. The van der Waals surface area contributed by atoms with Crippen LogP contribution in [0.3, 0.4) is 0 Å². The Morgan fingerprint density at radius 2 is 2.00 bits per heavy atom. The summed E-state index contributed by atoms with van der Waals surface area (Å²) in [5.74, 6) is 0.121. The lowest BCUT2D eigenvalue weighted by Crippen LogP contribution is -2.36. The SMILES string of the molecule is CCC1(C(=O)OC)CCC(=O)CC1. The normalized spacial score (nSPS) is 21.2. The van der Waals surface area contributed by atoms with Crippen molar-refractivity contribution >= 4 is 11.8 Å². The van der Waals surface area contributed by atoms with Crippen LogP contribution in [0.5, 0.6) is 0 Å². The van der Waals surface area contributed by atoms with Crippen molar-refractivity contribution in [3.63, 3.8) is 0 Å². The number of carbonyl (C=O) groups excluding carboxylic acids is 2. The summed E-state index contributed by atoms with van der Waals surface area (Å²) in [6.45, 7) is 1.98. The first-order valence-electron chi connectivity index (χ1n) is 4.75. The standard InChI is InChI=1S/C10H16O3/c1-3-10(9(12)13-2)6-4-8(11)5-7-10/h3-7H2,1-2H3. The molecule has 0 aromatic rings. The Labute approximate surface area is 78.5 Å². The molecule has 0 radical (unpaired) electrons. The predicted octanol–water partition coefficient (Wildman–Crippen LogP) is 1.70. The summed E-state index contributed by atoms with van der Waals surface area (Å²) in [6, 6.07) is 0. The highest BCUT2D eigenvalue weighted by Gasteiger charge is 2.40. The van der Waals surface area contributed by atoms with Gasteiger partial charge in [-0.3, -0.25) is 9.59 Å². The highest BCUT2D eigenvalue weighted by atomic mass is 16.5. The van der Waals surface area contributed by atoms with Crippen molar-refractivity contribution in [2.75, 3.05) is 7.11 Å². The van der Waals surface area contributed by atoms with Crippen molar-refractivity contribution in [2.45, 2.75) is 39.0 Å². The average molecular weight is 184 g/mol. The van der Waals surface area contributed by atoms with E-state index in [-0.39, 0.29) is 17.2 Å². The molecule has 0 atom stereocenters. The van der Waals surface area contributed by atoms with Gasteiger partial charge in [0.15, 0.2) is 0 Å². The van der Waals surface area contributed by atoms with Gasteiger partial charge in [-0.15, -0.1) is 0 Å². The second kappa shape index (κ2) is 3.90. The Morgan fingerprint density at radius 1 is 1.46 bits per heavy atom. The Morgan fingerprint density at radius 3 is 2.38 bits per heavy atom. The largest absolute Gasteiger partial charge is 0.469 e. The molecule has 0 aliphatic heterocycles. The van der Waals surface area contributed by atoms with Gasteiger partial charge in [-0.2, -0.15) is 0 Å². The molecule has 0 saturated heterocycles. The van der Waals surface area contributed by atoms with E-state index in [1.165, 1.54) is 7.11 Å². The molecule has 0 spiro atoms. The highest BCUT2D eigenvalue weighted by molar-refractivity contribution is 5.84. The van der Waals surface area contributed by atoms with Crippen LogP contribution in [0.4, 0.5) is 0 Å². The van der Waals surface area contributed by atoms with E-state index in [1.807, 2.05) is 6.92 Å². The molecule has 1 rings (SSSR count). The van der Waals surface area contributed by atoms with Crippen LogP contribution in [0.25, 0.3) is 0 Å². The summed E-state index contributed by atoms with van der Waals surface area (Å²) < 4.78 is 4.77. The molecule has 1 fully saturated rings. The van der Waals surface area contributed by atoms with Gasteiger partial charge >= 0.3 is 5.97 Å². The zero-order chi connectivity index (χ0) is 9.90. The molecule has 1 saturated carbocycles. The number of carbonyl (C=O) groups is 2. The maximum Gasteiger partial charge on any atom is 0.311 e. The Hall–Kier alpha value is -0.860. The van der Waals surface area contributed by atoms with Crippen LogP contribution in [0.2, 0.25) is 0 Å². The minimum atomic E-state index is -0.372. The number of rotatable bonds is 2. The molecule has 74 valence electrons. The molecule has 0 bridgehead atoms. The third-order valence-electron chi connectivity index (χ3n) is 3.06. The van der Waals surface area contributed by atoms with Gasteiger partial charge in [0, 0.05) is 12.8 Å². The molecule has 0 heterocycles.